The first-order chi connectivity index (χ1) is 5.90. The number of rotatable bonds is 1. The van der Waals surface area contributed by atoms with Gasteiger partial charge in [0.1, 0.15) is 0 Å². The zero-order chi connectivity index (χ0) is 10.1. The topological polar surface area (TPSA) is 26.3 Å². The lowest BCUT2D eigenvalue weighted by Gasteiger charge is -2.18. The standard InChI is InChI=1S/C11H18O2/c1-8-5-6-9(10(8)12)7-13-11(2,3)4/h7-8H,5-6H2,1-4H3/b9-7-. The summed E-state index contributed by atoms with van der Waals surface area (Å²) in [6, 6.07) is 0. The molecule has 1 rings (SSSR count). The highest BCUT2D eigenvalue weighted by Gasteiger charge is 2.26. The molecule has 1 atom stereocenters. The highest BCUT2D eigenvalue weighted by atomic mass is 16.5. The smallest absolute Gasteiger partial charge is 0.164 e. The average molecular weight is 182 g/mol. The molecule has 1 aliphatic carbocycles. The molecule has 0 aliphatic heterocycles. The molecule has 74 valence electrons. The Labute approximate surface area is 80.0 Å². The number of allylic oxidation sites excluding steroid dienone is 1. The molecule has 0 saturated heterocycles. The van der Waals surface area contributed by atoms with Gasteiger partial charge in [0, 0.05) is 11.5 Å². The second kappa shape index (κ2) is 3.52. The number of hydrogen-bond acceptors (Lipinski definition) is 2. The van der Waals surface area contributed by atoms with Crippen LogP contribution in [0, 0.1) is 5.92 Å². The summed E-state index contributed by atoms with van der Waals surface area (Å²) < 4.78 is 5.45. The highest BCUT2D eigenvalue weighted by molar-refractivity contribution is 5.98. The minimum Gasteiger partial charge on any atom is -0.495 e. The van der Waals surface area contributed by atoms with Crippen LogP contribution >= 0.6 is 0 Å². The summed E-state index contributed by atoms with van der Waals surface area (Å²) in [6.07, 6.45) is 3.49. The van der Waals surface area contributed by atoms with Crippen molar-refractivity contribution in [3.63, 3.8) is 0 Å². The third-order valence-corrected chi connectivity index (χ3v) is 2.17. The third-order valence-electron chi connectivity index (χ3n) is 2.17. The van der Waals surface area contributed by atoms with E-state index in [0.29, 0.717) is 0 Å². The molecule has 13 heavy (non-hydrogen) atoms. The lowest BCUT2D eigenvalue weighted by molar-refractivity contribution is -0.117. The number of carbonyl (C=O) groups excluding carboxylic acids is 1. The quantitative estimate of drug-likeness (QED) is 0.460. The van der Waals surface area contributed by atoms with Crippen molar-refractivity contribution in [2.24, 2.45) is 5.92 Å². The van der Waals surface area contributed by atoms with E-state index in [1.54, 1.807) is 6.26 Å². The van der Waals surface area contributed by atoms with Gasteiger partial charge in [-0.1, -0.05) is 6.92 Å². The van der Waals surface area contributed by atoms with Crippen LogP contribution in [0.15, 0.2) is 11.8 Å². The Morgan fingerprint density at radius 3 is 2.46 bits per heavy atom. The van der Waals surface area contributed by atoms with Gasteiger partial charge in [0.15, 0.2) is 5.78 Å². The Morgan fingerprint density at radius 2 is 2.08 bits per heavy atom. The monoisotopic (exact) mass is 182 g/mol. The van der Waals surface area contributed by atoms with E-state index >= 15 is 0 Å². The Hall–Kier alpha value is -0.790. The maximum atomic E-state index is 11.5. The van der Waals surface area contributed by atoms with E-state index in [1.807, 2.05) is 27.7 Å². The molecule has 0 heterocycles. The molecule has 0 bridgehead atoms. The van der Waals surface area contributed by atoms with Crippen molar-refractivity contribution < 1.29 is 9.53 Å². The van der Waals surface area contributed by atoms with Crippen molar-refractivity contribution in [1.82, 2.24) is 0 Å². The van der Waals surface area contributed by atoms with Crippen LogP contribution < -0.4 is 0 Å². The molecule has 0 spiro atoms. The predicted molar refractivity (Wildman–Crippen MR) is 52.3 cm³/mol. The minimum atomic E-state index is -0.195. The molecule has 0 radical (unpaired) electrons. The molecule has 0 aromatic rings. The van der Waals surface area contributed by atoms with Gasteiger partial charge in [0.05, 0.1) is 11.9 Å². The second-order valence-corrected chi connectivity index (χ2v) is 4.68. The van der Waals surface area contributed by atoms with Crippen LogP contribution in [0.4, 0.5) is 0 Å². The summed E-state index contributed by atoms with van der Waals surface area (Å²) in [6.45, 7) is 7.91. The number of carbonyl (C=O) groups is 1. The van der Waals surface area contributed by atoms with Gasteiger partial charge in [0.2, 0.25) is 0 Å². The number of Topliss-reactive ketones (excluding diaryl/α,β-unsaturated/α-hetero) is 1. The SMILES string of the molecule is CC1CC/C(=C/OC(C)(C)C)C1=O. The van der Waals surface area contributed by atoms with E-state index in [9.17, 15) is 4.79 Å². The minimum absolute atomic E-state index is 0.190. The van der Waals surface area contributed by atoms with Crippen LogP contribution in [0.1, 0.15) is 40.5 Å². The fourth-order valence-corrected chi connectivity index (χ4v) is 1.31. The Kier molecular flexibility index (Phi) is 2.79. The molecular weight excluding hydrogens is 164 g/mol. The summed E-state index contributed by atoms with van der Waals surface area (Å²) in [4.78, 5) is 11.5. The molecular formula is C11H18O2. The normalized spacial score (nSPS) is 26.9. The molecule has 1 fully saturated rings. The molecule has 1 saturated carbocycles. The maximum Gasteiger partial charge on any atom is 0.164 e. The third kappa shape index (κ3) is 2.87. The summed E-state index contributed by atoms with van der Waals surface area (Å²) in [5, 5.41) is 0. The Bertz CT molecular complexity index is 233. The van der Waals surface area contributed by atoms with Crippen molar-refractivity contribution in [2.45, 2.75) is 46.1 Å². The van der Waals surface area contributed by atoms with E-state index < -0.39 is 0 Å². The van der Waals surface area contributed by atoms with Gasteiger partial charge in [-0.25, -0.2) is 0 Å². The van der Waals surface area contributed by atoms with Gasteiger partial charge in [-0.15, -0.1) is 0 Å². The van der Waals surface area contributed by atoms with Gasteiger partial charge in [-0.3, -0.25) is 4.79 Å². The number of ether oxygens (including phenoxy) is 1. The lowest BCUT2D eigenvalue weighted by Crippen LogP contribution is -2.16. The summed E-state index contributed by atoms with van der Waals surface area (Å²) >= 11 is 0. The summed E-state index contributed by atoms with van der Waals surface area (Å²) in [7, 11) is 0. The van der Waals surface area contributed by atoms with E-state index in [0.717, 1.165) is 18.4 Å². The first-order valence-electron chi connectivity index (χ1n) is 4.81. The summed E-state index contributed by atoms with van der Waals surface area (Å²) in [5.74, 6) is 0.444. The van der Waals surface area contributed by atoms with Crippen LogP contribution in [0.2, 0.25) is 0 Å². The lowest BCUT2D eigenvalue weighted by atomic mass is 10.1. The van der Waals surface area contributed by atoms with Crippen molar-refractivity contribution in [1.29, 1.82) is 0 Å². The van der Waals surface area contributed by atoms with Crippen LogP contribution in [0.3, 0.4) is 0 Å². The van der Waals surface area contributed by atoms with Crippen molar-refractivity contribution in [3.05, 3.63) is 11.8 Å². The summed E-state index contributed by atoms with van der Waals surface area (Å²) in [5.41, 5.74) is 0.654. The van der Waals surface area contributed by atoms with Crippen LogP contribution in [-0.2, 0) is 9.53 Å². The molecule has 0 N–H and O–H groups in total. The highest BCUT2D eigenvalue weighted by Crippen LogP contribution is 2.26. The molecule has 2 heteroatoms. The van der Waals surface area contributed by atoms with Gasteiger partial charge < -0.3 is 4.74 Å². The van der Waals surface area contributed by atoms with Gasteiger partial charge in [-0.2, -0.15) is 0 Å². The predicted octanol–water partition coefficient (Wildman–Crippen LogP) is 2.68. The molecule has 2 nitrogen and oxygen atoms in total. The number of ketones is 1. The zero-order valence-corrected chi connectivity index (χ0v) is 8.89. The first-order valence-corrected chi connectivity index (χ1v) is 4.81. The van der Waals surface area contributed by atoms with E-state index in [-0.39, 0.29) is 17.3 Å². The first kappa shape index (κ1) is 10.3. The Morgan fingerprint density at radius 1 is 1.46 bits per heavy atom. The molecule has 0 amide bonds. The van der Waals surface area contributed by atoms with Crippen LogP contribution in [0.25, 0.3) is 0 Å². The van der Waals surface area contributed by atoms with Gasteiger partial charge in [0.25, 0.3) is 0 Å². The van der Waals surface area contributed by atoms with Crippen molar-refractivity contribution >= 4 is 5.78 Å². The zero-order valence-electron chi connectivity index (χ0n) is 8.89. The second-order valence-electron chi connectivity index (χ2n) is 4.68. The van der Waals surface area contributed by atoms with Gasteiger partial charge >= 0.3 is 0 Å². The van der Waals surface area contributed by atoms with Gasteiger partial charge in [-0.05, 0) is 33.6 Å². The van der Waals surface area contributed by atoms with E-state index in [2.05, 4.69) is 0 Å². The maximum absolute atomic E-state index is 11.5. The molecule has 1 unspecified atom stereocenters. The largest absolute Gasteiger partial charge is 0.495 e. The molecule has 0 aromatic carbocycles. The number of hydrogen-bond donors (Lipinski definition) is 0. The Balaban J connectivity index is 2.58. The molecule has 1 aliphatic rings. The van der Waals surface area contributed by atoms with E-state index in [4.69, 9.17) is 4.74 Å². The van der Waals surface area contributed by atoms with Crippen LogP contribution in [0.5, 0.6) is 0 Å². The van der Waals surface area contributed by atoms with Crippen molar-refractivity contribution in [3.8, 4) is 0 Å². The fourth-order valence-electron chi connectivity index (χ4n) is 1.31. The van der Waals surface area contributed by atoms with Crippen molar-refractivity contribution in [2.75, 3.05) is 0 Å². The molecule has 0 aromatic heterocycles. The van der Waals surface area contributed by atoms with E-state index in [1.165, 1.54) is 0 Å². The fraction of sp³-hybridized carbons (Fsp3) is 0.727. The van der Waals surface area contributed by atoms with Crippen LogP contribution in [-0.4, -0.2) is 11.4 Å². The average Bonchev–Trinajstić information content (AvgIpc) is 2.29.